The second-order valence-corrected chi connectivity index (χ2v) is 8.11. The van der Waals surface area contributed by atoms with E-state index in [2.05, 4.69) is 17.5 Å². The quantitative estimate of drug-likeness (QED) is 0.133. The molecule has 0 aliphatic carbocycles. The third kappa shape index (κ3) is 6.89. The molecule has 0 radical (unpaired) electrons. The van der Waals surface area contributed by atoms with Gasteiger partial charge in [-0.1, -0.05) is 25.1 Å². The van der Waals surface area contributed by atoms with Crippen LogP contribution in [-0.4, -0.2) is 62.6 Å². The first kappa shape index (κ1) is 26.1. The van der Waals surface area contributed by atoms with Gasteiger partial charge in [0.05, 0.1) is 23.6 Å². The first-order chi connectivity index (χ1) is 15.5. The number of Topliss-reactive ketones (excluding diaryl/α,β-unsaturated/α-hetero) is 1. The van der Waals surface area contributed by atoms with Crippen molar-refractivity contribution in [2.75, 3.05) is 6.54 Å². The van der Waals surface area contributed by atoms with Crippen LogP contribution in [0.1, 0.15) is 31.7 Å². The Bertz CT molecular complexity index is 926. The van der Waals surface area contributed by atoms with Crippen LogP contribution in [0.25, 0.3) is 0 Å². The number of carboxylic acids is 1. The monoisotopic (exact) mass is 483 g/mol. The summed E-state index contributed by atoms with van der Waals surface area (Å²) in [4.78, 5) is 64.9. The Morgan fingerprint density at radius 3 is 2.64 bits per heavy atom. The van der Waals surface area contributed by atoms with Crippen LogP contribution in [0.3, 0.4) is 0 Å². The molecular weight excluding hydrogens is 458 g/mol. The molecule has 1 aromatic carbocycles. The number of thiol groups is 1. The number of esters is 1. The Balaban J connectivity index is 1.96. The number of ether oxygens (including phenoxy) is 1. The molecule has 0 saturated carbocycles. The van der Waals surface area contributed by atoms with Gasteiger partial charge >= 0.3 is 11.9 Å². The molecule has 1 heterocycles. The highest BCUT2D eigenvalue weighted by Gasteiger charge is 2.39. The number of likely N-dealkylation sites (tertiary alicyclic amines) is 1. The van der Waals surface area contributed by atoms with E-state index in [1.165, 1.54) is 24.0 Å². The van der Waals surface area contributed by atoms with Crippen molar-refractivity contribution in [3.8, 4) is 5.75 Å². The van der Waals surface area contributed by atoms with Crippen molar-refractivity contribution in [2.45, 2.75) is 50.1 Å². The number of nitrogens with two attached hydrogens (primary N) is 1. The molecule has 1 aliphatic heterocycles. The summed E-state index contributed by atoms with van der Waals surface area (Å²) in [6, 6.07) is 3.72. The Kier molecular flexibility index (Phi) is 9.17. The summed E-state index contributed by atoms with van der Waals surface area (Å²) in [5, 5.41) is 17.5. The van der Waals surface area contributed by atoms with Gasteiger partial charge in [-0.15, -0.1) is 10.1 Å². The highest BCUT2D eigenvalue weighted by atomic mass is 32.1. The number of nitrogens with zero attached hydrogens (tertiary/aromatic N) is 2. The summed E-state index contributed by atoms with van der Waals surface area (Å²) >= 11 is 4.20. The van der Waals surface area contributed by atoms with Crippen molar-refractivity contribution in [3.05, 3.63) is 39.9 Å². The minimum Gasteiger partial charge on any atom is -0.480 e. The number of carbonyl (C=O) groups excluding carboxylic acids is 3. The zero-order chi connectivity index (χ0) is 24.7. The predicted molar refractivity (Wildman–Crippen MR) is 116 cm³/mol. The smallest absolute Gasteiger partial charge is 0.326 e. The van der Waals surface area contributed by atoms with E-state index in [9.17, 15) is 34.4 Å². The van der Waals surface area contributed by atoms with Gasteiger partial charge in [-0.3, -0.25) is 14.4 Å². The second-order valence-electron chi connectivity index (χ2n) is 7.55. The van der Waals surface area contributed by atoms with Crippen LogP contribution in [0.15, 0.2) is 24.3 Å². The zero-order valence-corrected chi connectivity index (χ0v) is 18.7. The van der Waals surface area contributed by atoms with E-state index in [4.69, 9.17) is 10.5 Å². The molecule has 3 N–H and O–H groups in total. The average molecular weight is 483 g/mol. The normalized spacial score (nSPS) is 18.2. The SMILES string of the molecule is C[C@@H](C(=O)N1CCC[C@H]1C(=O)O)C(S)C(=O)[C@@H](N)CC(=O)Oc1ccccc1CO[N+](=O)[O-]. The van der Waals surface area contributed by atoms with E-state index < -0.39 is 65.0 Å². The molecule has 180 valence electrons. The highest BCUT2D eigenvalue weighted by Crippen LogP contribution is 2.24. The fraction of sp³-hybridized carbons (Fsp3) is 0.500. The van der Waals surface area contributed by atoms with Gasteiger partial charge in [0.1, 0.15) is 18.4 Å². The lowest BCUT2D eigenvalue weighted by molar-refractivity contribution is -0.763. The Morgan fingerprint density at radius 1 is 1.33 bits per heavy atom. The van der Waals surface area contributed by atoms with Crippen LogP contribution < -0.4 is 10.5 Å². The van der Waals surface area contributed by atoms with Crippen LogP contribution in [0, 0.1) is 16.0 Å². The number of hydrogen-bond donors (Lipinski definition) is 3. The van der Waals surface area contributed by atoms with Crippen molar-refractivity contribution in [1.29, 1.82) is 0 Å². The second kappa shape index (κ2) is 11.6. The van der Waals surface area contributed by atoms with E-state index in [1.807, 2.05) is 0 Å². The molecule has 1 aromatic rings. The molecule has 2 rings (SSSR count). The summed E-state index contributed by atoms with van der Waals surface area (Å²) in [7, 11) is 0. The summed E-state index contributed by atoms with van der Waals surface area (Å²) < 4.78 is 5.17. The van der Waals surface area contributed by atoms with Crippen molar-refractivity contribution in [2.24, 2.45) is 11.7 Å². The van der Waals surface area contributed by atoms with Crippen LogP contribution in [0.2, 0.25) is 0 Å². The van der Waals surface area contributed by atoms with Crippen molar-refractivity contribution in [3.63, 3.8) is 0 Å². The predicted octanol–water partition coefficient (Wildman–Crippen LogP) is 0.597. The lowest BCUT2D eigenvalue weighted by Crippen LogP contribution is -2.48. The summed E-state index contributed by atoms with van der Waals surface area (Å²) in [5.41, 5.74) is 6.09. The van der Waals surface area contributed by atoms with Crippen LogP contribution >= 0.6 is 12.6 Å². The molecule has 1 fully saturated rings. The molecular formula is C20H25N3O9S. The van der Waals surface area contributed by atoms with Crippen molar-refractivity contribution < 1.29 is 38.9 Å². The number of carbonyl (C=O) groups is 4. The van der Waals surface area contributed by atoms with E-state index >= 15 is 0 Å². The number of rotatable bonds is 11. The molecule has 1 aliphatic rings. The molecule has 0 bridgehead atoms. The number of ketones is 1. The maximum atomic E-state index is 12.7. The minimum absolute atomic E-state index is 0.0173. The third-order valence-corrected chi connectivity index (χ3v) is 5.95. The Morgan fingerprint density at radius 2 is 2.00 bits per heavy atom. The van der Waals surface area contributed by atoms with Crippen molar-refractivity contribution in [1.82, 2.24) is 4.90 Å². The molecule has 1 unspecified atom stereocenters. The maximum absolute atomic E-state index is 12.7. The molecule has 1 amide bonds. The lowest BCUT2D eigenvalue weighted by atomic mass is 9.96. The number of aliphatic carboxylic acids is 1. The third-order valence-electron chi connectivity index (χ3n) is 5.25. The standard InChI is InChI=1S/C20H25N3O9S/c1-11(19(26)22-8-4-6-14(22)20(27)28)18(33)17(25)13(21)9-16(24)32-15-7-3-2-5-12(15)10-31-23(29)30/h2-3,5,7,11,13-14,18,33H,4,6,8-10,21H2,1H3,(H,27,28)/t11-,13+,14+,18?/m1/s1. The van der Waals surface area contributed by atoms with Crippen LogP contribution in [0.5, 0.6) is 5.75 Å². The number of carboxylic acid groups (broad SMARTS) is 1. The summed E-state index contributed by atoms with van der Waals surface area (Å²) in [5.74, 6) is -4.12. The molecule has 1 saturated heterocycles. The van der Waals surface area contributed by atoms with Crippen LogP contribution in [0.4, 0.5) is 0 Å². The largest absolute Gasteiger partial charge is 0.480 e. The maximum Gasteiger partial charge on any atom is 0.326 e. The van der Waals surface area contributed by atoms with E-state index in [-0.39, 0.29) is 17.9 Å². The minimum atomic E-state index is -1.33. The van der Waals surface area contributed by atoms with Gasteiger partial charge in [-0.05, 0) is 18.9 Å². The number of hydrogen-bond acceptors (Lipinski definition) is 10. The number of amides is 1. The van der Waals surface area contributed by atoms with E-state index in [0.29, 0.717) is 12.8 Å². The van der Waals surface area contributed by atoms with E-state index in [0.717, 1.165) is 0 Å². The molecule has 13 heteroatoms. The van der Waals surface area contributed by atoms with Gasteiger partial charge < -0.3 is 25.3 Å². The van der Waals surface area contributed by atoms with E-state index in [1.54, 1.807) is 12.1 Å². The molecule has 0 aromatic heterocycles. The molecule has 12 nitrogen and oxygen atoms in total. The van der Waals surface area contributed by atoms with Crippen molar-refractivity contribution >= 4 is 36.3 Å². The number of para-hydroxylation sites is 1. The molecule has 0 spiro atoms. The van der Waals surface area contributed by atoms with Gasteiger partial charge in [0.2, 0.25) is 5.91 Å². The number of benzene rings is 1. The zero-order valence-electron chi connectivity index (χ0n) is 17.8. The molecule has 33 heavy (non-hydrogen) atoms. The fourth-order valence-electron chi connectivity index (χ4n) is 3.44. The van der Waals surface area contributed by atoms with Gasteiger partial charge in [-0.25, -0.2) is 4.79 Å². The summed E-state index contributed by atoms with van der Waals surface area (Å²) in [6.45, 7) is 1.28. The van der Waals surface area contributed by atoms with Gasteiger partial charge in [0, 0.05) is 12.1 Å². The topological polar surface area (TPSA) is 179 Å². The first-order valence-electron chi connectivity index (χ1n) is 10.1. The average Bonchev–Trinajstić information content (AvgIpc) is 3.26. The molecule has 4 atom stereocenters. The van der Waals surface area contributed by atoms with Crippen LogP contribution in [-0.2, 0) is 30.6 Å². The lowest BCUT2D eigenvalue weighted by Gasteiger charge is -2.27. The first-order valence-corrected chi connectivity index (χ1v) is 10.6. The Hall–Kier alpha value is -3.19. The van der Waals surface area contributed by atoms with Gasteiger partial charge in [0.15, 0.2) is 5.78 Å². The highest BCUT2D eigenvalue weighted by molar-refractivity contribution is 7.81. The van der Waals surface area contributed by atoms with Gasteiger partial charge in [0.25, 0.3) is 5.09 Å². The van der Waals surface area contributed by atoms with Gasteiger partial charge in [-0.2, -0.15) is 12.6 Å². The summed E-state index contributed by atoms with van der Waals surface area (Å²) in [6.07, 6.45) is 0.349. The Labute approximate surface area is 194 Å². The fourth-order valence-corrected chi connectivity index (χ4v) is 3.76.